The zero-order chi connectivity index (χ0) is 24.8. The summed E-state index contributed by atoms with van der Waals surface area (Å²) >= 11 is 0. The SMILES string of the molecule is Cc1ccc(-c2c(CN)c(CC(C)C)nc(C)c2C(=O)OCc2ccc(CC(=O)O)cc2)cc1.Cl.Cl. The van der Waals surface area contributed by atoms with Crippen LogP contribution in [-0.2, 0) is 35.5 Å². The van der Waals surface area contributed by atoms with Gasteiger partial charge in [-0.3, -0.25) is 9.78 Å². The number of aryl methyl sites for hydroxylation is 2. The highest BCUT2D eigenvalue weighted by molar-refractivity contribution is 5.99. The van der Waals surface area contributed by atoms with Crippen molar-refractivity contribution < 1.29 is 19.4 Å². The fourth-order valence-corrected chi connectivity index (χ4v) is 4.01. The van der Waals surface area contributed by atoms with Gasteiger partial charge in [0.05, 0.1) is 17.7 Å². The number of ether oxygens (including phenoxy) is 1. The molecule has 0 unspecified atom stereocenters. The van der Waals surface area contributed by atoms with E-state index in [9.17, 15) is 9.59 Å². The Kier molecular flexibility index (Phi) is 12.1. The van der Waals surface area contributed by atoms with E-state index in [0.29, 0.717) is 22.7 Å². The van der Waals surface area contributed by atoms with E-state index in [-0.39, 0.29) is 44.4 Å². The lowest BCUT2D eigenvalue weighted by Crippen LogP contribution is -2.17. The molecule has 0 amide bonds. The van der Waals surface area contributed by atoms with Gasteiger partial charge in [-0.1, -0.05) is 67.9 Å². The number of aromatic nitrogens is 1. The Labute approximate surface area is 225 Å². The molecule has 0 saturated heterocycles. The zero-order valence-corrected chi connectivity index (χ0v) is 22.7. The average Bonchev–Trinajstić information content (AvgIpc) is 2.78. The summed E-state index contributed by atoms with van der Waals surface area (Å²) in [4.78, 5) is 29.0. The number of hydrogen-bond donors (Lipinski definition) is 2. The number of carboxylic acid groups (broad SMARTS) is 1. The van der Waals surface area contributed by atoms with E-state index in [4.69, 9.17) is 20.6 Å². The number of halogens is 2. The van der Waals surface area contributed by atoms with E-state index in [2.05, 4.69) is 13.8 Å². The van der Waals surface area contributed by atoms with Crippen molar-refractivity contribution in [2.75, 3.05) is 0 Å². The number of aliphatic carboxylic acids is 1. The third-order valence-corrected chi connectivity index (χ3v) is 5.66. The highest BCUT2D eigenvalue weighted by atomic mass is 35.5. The molecule has 0 aliphatic rings. The lowest BCUT2D eigenvalue weighted by Gasteiger charge is -2.20. The first-order valence-electron chi connectivity index (χ1n) is 11.5. The maximum atomic E-state index is 13.3. The molecule has 0 saturated carbocycles. The third-order valence-electron chi connectivity index (χ3n) is 5.66. The molecular weight excluding hydrogens is 499 g/mol. The van der Waals surface area contributed by atoms with Crippen LogP contribution in [0.15, 0.2) is 48.5 Å². The Balaban J connectivity index is 0.00000324. The van der Waals surface area contributed by atoms with Gasteiger partial charge in [-0.2, -0.15) is 0 Å². The molecule has 0 spiro atoms. The van der Waals surface area contributed by atoms with Crippen molar-refractivity contribution in [1.29, 1.82) is 0 Å². The number of pyridine rings is 1. The molecule has 0 aliphatic carbocycles. The largest absolute Gasteiger partial charge is 0.481 e. The van der Waals surface area contributed by atoms with Gasteiger partial charge in [0, 0.05) is 17.8 Å². The van der Waals surface area contributed by atoms with Crippen LogP contribution in [0, 0.1) is 19.8 Å². The van der Waals surface area contributed by atoms with Gasteiger partial charge in [-0.25, -0.2) is 4.79 Å². The minimum atomic E-state index is -0.887. The van der Waals surface area contributed by atoms with Crippen LogP contribution in [0.25, 0.3) is 11.1 Å². The molecule has 0 radical (unpaired) electrons. The normalized spacial score (nSPS) is 10.4. The van der Waals surface area contributed by atoms with Crippen LogP contribution >= 0.6 is 24.8 Å². The number of rotatable bonds is 9. The Bertz CT molecular complexity index is 1180. The van der Waals surface area contributed by atoms with Gasteiger partial charge in [0.15, 0.2) is 0 Å². The van der Waals surface area contributed by atoms with Crippen molar-refractivity contribution in [1.82, 2.24) is 4.98 Å². The van der Waals surface area contributed by atoms with E-state index in [1.54, 1.807) is 24.3 Å². The molecule has 3 aromatic rings. The van der Waals surface area contributed by atoms with E-state index in [1.165, 1.54) is 0 Å². The molecule has 1 heterocycles. The number of benzene rings is 2. The number of carbonyl (C=O) groups excluding carboxylic acids is 1. The summed E-state index contributed by atoms with van der Waals surface area (Å²) in [6.07, 6.45) is 0.722. The molecule has 3 rings (SSSR count). The van der Waals surface area contributed by atoms with Crippen LogP contribution in [0.3, 0.4) is 0 Å². The number of carbonyl (C=O) groups is 2. The van der Waals surface area contributed by atoms with Crippen LogP contribution in [-0.4, -0.2) is 22.0 Å². The van der Waals surface area contributed by atoms with E-state index in [0.717, 1.165) is 39.9 Å². The second-order valence-corrected chi connectivity index (χ2v) is 9.00. The molecule has 8 heteroatoms. The summed E-state index contributed by atoms with van der Waals surface area (Å²) in [5.41, 5.74) is 13.3. The maximum absolute atomic E-state index is 13.3. The second kappa shape index (κ2) is 14.0. The lowest BCUT2D eigenvalue weighted by atomic mass is 9.90. The smallest absolute Gasteiger partial charge is 0.340 e. The molecule has 0 aliphatic heterocycles. The van der Waals surface area contributed by atoms with Crippen molar-refractivity contribution in [2.24, 2.45) is 11.7 Å². The van der Waals surface area contributed by atoms with Gasteiger partial charge < -0.3 is 15.6 Å². The van der Waals surface area contributed by atoms with Crippen LogP contribution in [0.4, 0.5) is 0 Å². The van der Waals surface area contributed by atoms with E-state index in [1.807, 2.05) is 38.1 Å². The van der Waals surface area contributed by atoms with Gasteiger partial charge >= 0.3 is 11.9 Å². The number of hydrogen-bond acceptors (Lipinski definition) is 5. The molecule has 1 aromatic heterocycles. The van der Waals surface area contributed by atoms with Crippen molar-refractivity contribution in [3.8, 4) is 11.1 Å². The monoisotopic (exact) mass is 532 g/mol. The molecule has 3 N–H and O–H groups in total. The van der Waals surface area contributed by atoms with Crippen molar-refractivity contribution in [2.45, 2.75) is 53.7 Å². The van der Waals surface area contributed by atoms with Crippen molar-refractivity contribution >= 4 is 36.8 Å². The first-order valence-corrected chi connectivity index (χ1v) is 11.5. The van der Waals surface area contributed by atoms with Gasteiger partial charge in [-0.15, -0.1) is 24.8 Å². The topological polar surface area (TPSA) is 103 Å². The van der Waals surface area contributed by atoms with Gasteiger partial charge in [0.1, 0.15) is 6.61 Å². The summed E-state index contributed by atoms with van der Waals surface area (Å²) in [7, 11) is 0. The summed E-state index contributed by atoms with van der Waals surface area (Å²) < 4.78 is 5.69. The molecule has 0 bridgehead atoms. The Morgan fingerprint density at radius 3 is 2.08 bits per heavy atom. The number of carboxylic acids is 1. The lowest BCUT2D eigenvalue weighted by molar-refractivity contribution is -0.136. The predicted molar refractivity (Wildman–Crippen MR) is 147 cm³/mol. The van der Waals surface area contributed by atoms with Crippen LogP contribution in [0.2, 0.25) is 0 Å². The van der Waals surface area contributed by atoms with Crippen LogP contribution in [0.1, 0.15) is 57.8 Å². The zero-order valence-electron chi connectivity index (χ0n) is 21.0. The fraction of sp³-hybridized carbons (Fsp3) is 0.321. The van der Waals surface area contributed by atoms with Gasteiger partial charge in [0.25, 0.3) is 0 Å². The number of esters is 1. The fourth-order valence-electron chi connectivity index (χ4n) is 4.01. The molecule has 6 nitrogen and oxygen atoms in total. The molecule has 0 atom stereocenters. The minimum Gasteiger partial charge on any atom is -0.481 e. The quantitative estimate of drug-likeness (QED) is 0.335. The number of nitrogens with zero attached hydrogens (tertiary/aromatic N) is 1. The molecule has 194 valence electrons. The summed E-state index contributed by atoms with van der Waals surface area (Å²) in [5.74, 6) is -0.951. The van der Waals surface area contributed by atoms with E-state index < -0.39 is 11.9 Å². The van der Waals surface area contributed by atoms with Crippen LogP contribution in [0.5, 0.6) is 0 Å². The predicted octanol–water partition coefficient (Wildman–Crippen LogP) is 5.85. The third kappa shape index (κ3) is 7.79. The molecule has 2 aromatic carbocycles. The highest BCUT2D eigenvalue weighted by Crippen LogP contribution is 2.33. The van der Waals surface area contributed by atoms with Crippen molar-refractivity contribution in [3.63, 3.8) is 0 Å². The van der Waals surface area contributed by atoms with Gasteiger partial charge in [-0.05, 0) is 48.4 Å². The van der Waals surface area contributed by atoms with Crippen molar-refractivity contribution in [3.05, 3.63) is 87.7 Å². The number of nitrogens with two attached hydrogens (primary N) is 1. The Morgan fingerprint density at radius 1 is 0.972 bits per heavy atom. The summed E-state index contributed by atoms with van der Waals surface area (Å²) in [5, 5.41) is 8.93. The molecular formula is C28H34Cl2N2O4. The standard InChI is InChI=1S/C28H32N2O4.2ClH/c1-17(2)13-24-23(15-29)27(22-11-5-18(3)6-12-22)26(19(4)30-24)28(33)34-16-21-9-7-20(8-10-21)14-25(31)32;;/h5-12,17H,13-16,29H2,1-4H3,(H,31,32);2*1H. The Morgan fingerprint density at radius 2 is 1.56 bits per heavy atom. The second-order valence-electron chi connectivity index (χ2n) is 9.00. The summed E-state index contributed by atoms with van der Waals surface area (Å²) in [6.45, 7) is 8.46. The molecule has 0 fully saturated rings. The summed E-state index contributed by atoms with van der Waals surface area (Å²) in [6, 6.07) is 15.0. The van der Waals surface area contributed by atoms with Gasteiger partial charge in [0.2, 0.25) is 0 Å². The Hall–Kier alpha value is -2.93. The average molecular weight is 533 g/mol. The van der Waals surface area contributed by atoms with Crippen LogP contribution < -0.4 is 5.73 Å². The highest BCUT2D eigenvalue weighted by Gasteiger charge is 2.24. The minimum absolute atomic E-state index is 0. The van der Waals surface area contributed by atoms with E-state index >= 15 is 0 Å². The first-order chi connectivity index (χ1) is 16.2. The first kappa shape index (κ1) is 31.1. The molecule has 36 heavy (non-hydrogen) atoms. The maximum Gasteiger partial charge on any atom is 0.340 e.